The zero-order valence-corrected chi connectivity index (χ0v) is 15.2. The topological polar surface area (TPSA) is 48.4 Å². The van der Waals surface area contributed by atoms with Gasteiger partial charge in [0.25, 0.3) is 0 Å². The Hall–Kier alpha value is -2.66. The first kappa shape index (κ1) is 17.2. The molecule has 0 aliphatic carbocycles. The molecule has 0 N–H and O–H groups in total. The number of carbonyl (C=O) groups excluding carboxylic acids is 1. The van der Waals surface area contributed by atoms with Gasteiger partial charge in [0.2, 0.25) is 0 Å². The van der Waals surface area contributed by atoms with Crippen LogP contribution in [0.5, 0.6) is 5.75 Å². The van der Waals surface area contributed by atoms with Gasteiger partial charge in [-0.2, -0.15) is 0 Å². The molecule has 0 fully saturated rings. The fourth-order valence-corrected chi connectivity index (χ4v) is 2.85. The third-order valence-corrected chi connectivity index (χ3v) is 4.20. The molecule has 1 aromatic heterocycles. The highest BCUT2D eigenvalue weighted by atomic mass is 79.9. The molecular weight excluding hydrogens is 382 g/mol. The summed E-state index contributed by atoms with van der Waals surface area (Å²) >= 11 is 3.44. The van der Waals surface area contributed by atoms with Gasteiger partial charge in [-0.05, 0) is 48.5 Å². The lowest BCUT2D eigenvalue weighted by Crippen LogP contribution is -2.07. The summed E-state index contributed by atoms with van der Waals surface area (Å²) in [7, 11) is 1.62. The molecule has 25 heavy (non-hydrogen) atoms. The van der Waals surface area contributed by atoms with Gasteiger partial charge in [-0.1, -0.05) is 28.6 Å². The molecule has 1 heterocycles. The summed E-state index contributed by atoms with van der Waals surface area (Å²) in [4.78, 5) is 17.2. The van der Waals surface area contributed by atoms with E-state index in [1.54, 1.807) is 19.3 Å². The summed E-state index contributed by atoms with van der Waals surface area (Å²) in [5.41, 5.74) is 2.78. The number of fused-ring (bicyclic) bond motifs is 1. The average Bonchev–Trinajstić information content (AvgIpc) is 2.65. The SMILES string of the molecule is C=CCOC(=O)c1cc(-c2ccc(OC)cc2)nc2ccc(Br)cc12. The molecule has 0 aliphatic rings. The van der Waals surface area contributed by atoms with Crippen LogP contribution in [-0.4, -0.2) is 24.7 Å². The number of ether oxygens (including phenoxy) is 2. The van der Waals surface area contributed by atoms with Crippen molar-refractivity contribution >= 4 is 32.8 Å². The van der Waals surface area contributed by atoms with E-state index in [1.165, 1.54) is 0 Å². The second kappa shape index (κ2) is 7.49. The van der Waals surface area contributed by atoms with Crippen LogP contribution < -0.4 is 4.74 Å². The van der Waals surface area contributed by atoms with Crippen LogP contribution in [0.4, 0.5) is 0 Å². The second-order valence-electron chi connectivity index (χ2n) is 5.33. The zero-order valence-electron chi connectivity index (χ0n) is 13.7. The maximum absolute atomic E-state index is 12.5. The molecule has 0 unspecified atom stereocenters. The van der Waals surface area contributed by atoms with E-state index in [0.717, 1.165) is 26.7 Å². The Morgan fingerprint density at radius 2 is 1.96 bits per heavy atom. The number of benzene rings is 2. The average molecular weight is 398 g/mol. The number of halogens is 1. The fraction of sp³-hybridized carbons (Fsp3) is 0.100. The molecule has 0 amide bonds. The number of aromatic nitrogens is 1. The maximum Gasteiger partial charge on any atom is 0.339 e. The minimum absolute atomic E-state index is 0.161. The molecule has 0 saturated carbocycles. The summed E-state index contributed by atoms with van der Waals surface area (Å²) in [6.45, 7) is 3.74. The van der Waals surface area contributed by atoms with E-state index in [0.29, 0.717) is 11.3 Å². The molecule has 2 aromatic carbocycles. The van der Waals surface area contributed by atoms with Gasteiger partial charge < -0.3 is 9.47 Å². The Labute approximate surface area is 154 Å². The molecule has 0 atom stereocenters. The van der Waals surface area contributed by atoms with Gasteiger partial charge in [-0.3, -0.25) is 0 Å². The van der Waals surface area contributed by atoms with E-state index in [9.17, 15) is 4.79 Å². The minimum Gasteiger partial charge on any atom is -0.497 e. The van der Waals surface area contributed by atoms with Crippen LogP contribution in [0.1, 0.15) is 10.4 Å². The third kappa shape index (κ3) is 3.72. The first-order chi connectivity index (χ1) is 12.1. The quantitative estimate of drug-likeness (QED) is 0.448. The van der Waals surface area contributed by atoms with Crippen molar-refractivity contribution in [2.75, 3.05) is 13.7 Å². The molecule has 3 rings (SSSR count). The monoisotopic (exact) mass is 397 g/mol. The van der Waals surface area contributed by atoms with Crippen LogP contribution >= 0.6 is 15.9 Å². The molecule has 126 valence electrons. The van der Waals surface area contributed by atoms with Crippen LogP contribution in [-0.2, 0) is 4.74 Å². The summed E-state index contributed by atoms with van der Waals surface area (Å²) in [6, 6.07) is 14.9. The molecule has 0 radical (unpaired) electrons. The third-order valence-electron chi connectivity index (χ3n) is 3.71. The van der Waals surface area contributed by atoms with Crippen molar-refractivity contribution in [3.63, 3.8) is 0 Å². The fourth-order valence-electron chi connectivity index (χ4n) is 2.49. The van der Waals surface area contributed by atoms with Gasteiger partial charge in [0.1, 0.15) is 12.4 Å². The number of hydrogen-bond donors (Lipinski definition) is 0. The van der Waals surface area contributed by atoms with Crippen LogP contribution in [0.25, 0.3) is 22.2 Å². The van der Waals surface area contributed by atoms with Crippen molar-refractivity contribution in [3.8, 4) is 17.0 Å². The highest BCUT2D eigenvalue weighted by Gasteiger charge is 2.15. The van der Waals surface area contributed by atoms with Gasteiger partial charge >= 0.3 is 5.97 Å². The van der Waals surface area contributed by atoms with Gasteiger partial charge in [-0.15, -0.1) is 0 Å². The smallest absolute Gasteiger partial charge is 0.339 e. The molecule has 0 spiro atoms. The van der Waals surface area contributed by atoms with Crippen LogP contribution in [0.2, 0.25) is 0 Å². The Morgan fingerprint density at radius 3 is 2.64 bits per heavy atom. The molecule has 0 aliphatic heterocycles. The van der Waals surface area contributed by atoms with E-state index in [1.807, 2.05) is 42.5 Å². The number of nitrogens with zero attached hydrogens (tertiary/aromatic N) is 1. The number of methoxy groups -OCH3 is 1. The summed E-state index contributed by atoms with van der Waals surface area (Å²) in [5, 5.41) is 0.737. The van der Waals surface area contributed by atoms with Crippen molar-refractivity contribution in [3.05, 3.63) is 71.2 Å². The van der Waals surface area contributed by atoms with Gasteiger partial charge in [0.15, 0.2) is 0 Å². The van der Waals surface area contributed by atoms with Crippen LogP contribution in [0.3, 0.4) is 0 Å². The van der Waals surface area contributed by atoms with Crippen molar-refractivity contribution in [2.24, 2.45) is 0 Å². The van der Waals surface area contributed by atoms with E-state index < -0.39 is 5.97 Å². The highest BCUT2D eigenvalue weighted by molar-refractivity contribution is 9.10. The normalized spacial score (nSPS) is 10.5. The lowest BCUT2D eigenvalue weighted by molar-refractivity contribution is 0.0552. The number of pyridine rings is 1. The van der Waals surface area contributed by atoms with E-state index >= 15 is 0 Å². The predicted molar refractivity (Wildman–Crippen MR) is 102 cm³/mol. The van der Waals surface area contributed by atoms with E-state index in [4.69, 9.17) is 9.47 Å². The molecule has 4 nitrogen and oxygen atoms in total. The van der Waals surface area contributed by atoms with Crippen molar-refractivity contribution in [1.82, 2.24) is 4.98 Å². The molecule has 0 saturated heterocycles. The van der Waals surface area contributed by atoms with E-state index in [-0.39, 0.29) is 6.61 Å². The molecule has 5 heteroatoms. The Balaban J connectivity index is 2.14. The summed E-state index contributed by atoms with van der Waals surface area (Å²) in [6.07, 6.45) is 1.54. The first-order valence-corrected chi connectivity index (χ1v) is 8.44. The van der Waals surface area contributed by atoms with Gasteiger partial charge in [-0.25, -0.2) is 9.78 Å². The Kier molecular flexibility index (Phi) is 5.14. The summed E-state index contributed by atoms with van der Waals surface area (Å²) < 4.78 is 11.3. The zero-order chi connectivity index (χ0) is 17.8. The van der Waals surface area contributed by atoms with Gasteiger partial charge in [0.05, 0.1) is 23.9 Å². The second-order valence-corrected chi connectivity index (χ2v) is 6.25. The lowest BCUT2D eigenvalue weighted by Gasteiger charge is -2.10. The Bertz CT molecular complexity index is 936. The van der Waals surface area contributed by atoms with E-state index in [2.05, 4.69) is 27.5 Å². The number of esters is 1. The minimum atomic E-state index is -0.403. The lowest BCUT2D eigenvalue weighted by atomic mass is 10.0. The highest BCUT2D eigenvalue weighted by Crippen LogP contribution is 2.28. The molecular formula is C20H16BrNO3. The first-order valence-electron chi connectivity index (χ1n) is 7.65. The number of hydrogen-bond acceptors (Lipinski definition) is 4. The number of carbonyl (C=O) groups is 1. The van der Waals surface area contributed by atoms with Crippen molar-refractivity contribution in [1.29, 1.82) is 0 Å². The van der Waals surface area contributed by atoms with Crippen LogP contribution in [0, 0.1) is 0 Å². The predicted octanol–water partition coefficient (Wildman–Crippen LogP) is 5.02. The number of rotatable bonds is 5. The Morgan fingerprint density at radius 1 is 1.20 bits per heavy atom. The maximum atomic E-state index is 12.5. The van der Waals surface area contributed by atoms with Crippen LogP contribution in [0.15, 0.2) is 65.7 Å². The summed E-state index contributed by atoms with van der Waals surface area (Å²) in [5.74, 6) is 0.360. The standard InChI is InChI=1S/C20H16BrNO3/c1-3-10-25-20(23)17-12-19(13-4-7-15(24-2)8-5-13)22-18-9-6-14(21)11-16(17)18/h3-9,11-12H,1,10H2,2H3. The van der Waals surface area contributed by atoms with Gasteiger partial charge in [0, 0.05) is 15.4 Å². The largest absolute Gasteiger partial charge is 0.497 e. The van der Waals surface area contributed by atoms with Crippen molar-refractivity contribution < 1.29 is 14.3 Å². The van der Waals surface area contributed by atoms with Crippen molar-refractivity contribution in [2.45, 2.75) is 0 Å². The molecule has 3 aromatic rings. The molecule has 0 bridgehead atoms.